The second kappa shape index (κ2) is 4.52. The molecule has 0 amide bonds. The maximum absolute atomic E-state index is 5.56. The van der Waals surface area contributed by atoms with Crippen molar-refractivity contribution < 1.29 is 4.74 Å². The van der Waals surface area contributed by atoms with E-state index < -0.39 is 0 Å². The van der Waals surface area contributed by atoms with Crippen molar-refractivity contribution in [2.75, 3.05) is 6.61 Å². The quantitative estimate of drug-likeness (QED) is 0.638. The Morgan fingerprint density at radius 1 is 1.36 bits per heavy atom. The van der Waals surface area contributed by atoms with Crippen molar-refractivity contribution in [3.05, 3.63) is 24.7 Å². The fraction of sp³-hybridized carbons (Fsp3) is 0.200. The summed E-state index contributed by atoms with van der Waals surface area (Å²) in [4.78, 5) is 0. The highest BCUT2D eigenvalue weighted by Gasteiger charge is 2.09. The predicted octanol–water partition coefficient (Wildman–Crippen LogP) is 4.51. The van der Waals surface area contributed by atoms with E-state index in [0.29, 0.717) is 0 Å². The van der Waals surface area contributed by atoms with Gasteiger partial charge in [-0.2, -0.15) is 0 Å². The van der Waals surface area contributed by atoms with E-state index in [-0.39, 0.29) is 0 Å². The van der Waals surface area contributed by atoms with Crippen LogP contribution in [0.2, 0.25) is 0 Å². The molecule has 4 heteroatoms. The highest BCUT2D eigenvalue weighted by Crippen LogP contribution is 2.36. The van der Waals surface area contributed by atoms with E-state index in [0.717, 1.165) is 12.4 Å². The molecule has 0 aliphatic carbocycles. The molecule has 0 fully saturated rings. The molecule has 0 saturated carbocycles. The normalized spacial score (nSPS) is 10.8. The van der Waals surface area contributed by atoms with E-state index in [9.17, 15) is 0 Å². The molecule has 1 heterocycles. The molecule has 2 rings (SSSR count). The summed E-state index contributed by atoms with van der Waals surface area (Å²) in [7, 11) is 0. The second-order valence-corrected chi connectivity index (χ2v) is 5.89. The molecule has 0 bridgehead atoms. The van der Waals surface area contributed by atoms with Crippen molar-refractivity contribution in [1.82, 2.24) is 0 Å². The first-order valence-electron chi connectivity index (χ1n) is 4.22. The first-order valence-corrected chi connectivity index (χ1v) is 7.25. The summed E-state index contributed by atoms with van der Waals surface area (Å²) in [6.45, 7) is 2.75. The van der Waals surface area contributed by atoms with E-state index in [1.807, 2.05) is 6.92 Å². The summed E-state index contributed by atoms with van der Waals surface area (Å²) in [5.74, 6) is 1.02. The van der Waals surface area contributed by atoms with Crippen LogP contribution in [0.15, 0.2) is 17.5 Å². The minimum atomic E-state index is 0.731. The zero-order valence-corrected chi connectivity index (χ0v) is 12.6. The van der Waals surface area contributed by atoms with Crippen LogP contribution < -0.4 is 4.74 Å². The number of ether oxygens (including phenoxy) is 1. The van der Waals surface area contributed by atoms with Gasteiger partial charge in [0.2, 0.25) is 0 Å². The van der Waals surface area contributed by atoms with E-state index in [2.05, 4.69) is 62.7 Å². The van der Waals surface area contributed by atoms with Crippen LogP contribution in [-0.2, 0) is 0 Å². The Balaban J connectivity index is 2.64. The summed E-state index contributed by atoms with van der Waals surface area (Å²) < 4.78 is 9.53. The molecule has 2 aromatic rings. The number of halogens is 2. The lowest BCUT2D eigenvalue weighted by atomic mass is 10.2. The molecular formula is C10H8I2OS. The first-order chi connectivity index (χ1) is 6.74. The van der Waals surface area contributed by atoms with Gasteiger partial charge in [0.05, 0.1) is 11.3 Å². The highest BCUT2D eigenvalue weighted by molar-refractivity contribution is 14.1. The Hall–Kier alpha value is 0.440. The highest BCUT2D eigenvalue weighted by atomic mass is 127. The van der Waals surface area contributed by atoms with Gasteiger partial charge in [0.15, 0.2) is 0 Å². The average Bonchev–Trinajstić information content (AvgIpc) is 2.57. The summed E-state index contributed by atoms with van der Waals surface area (Å²) in [5, 5.41) is 3.33. The van der Waals surface area contributed by atoms with Gasteiger partial charge in [-0.05, 0) is 64.2 Å². The third-order valence-corrected chi connectivity index (χ3v) is 6.31. The molecule has 0 aliphatic heterocycles. The van der Waals surface area contributed by atoms with Gasteiger partial charge in [-0.15, -0.1) is 11.3 Å². The van der Waals surface area contributed by atoms with Crippen LogP contribution in [0.5, 0.6) is 5.75 Å². The van der Waals surface area contributed by atoms with Gasteiger partial charge in [-0.3, -0.25) is 0 Å². The summed E-state index contributed by atoms with van der Waals surface area (Å²) in [5.41, 5.74) is 0. The van der Waals surface area contributed by atoms with Crippen LogP contribution in [0.3, 0.4) is 0 Å². The molecule has 0 radical (unpaired) electrons. The van der Waals surface area contributed by atoms with Crippen molar-refractivity contribution in [3.8, 4) is 5.75 Å². The molecule has 14 heavy (non-hydrogen) atoms. The topological polar surface area (TPSA) is 9.23 Å². The fourth-order valence-corrected chi connectivity index (χ4v) is 3.70. The first kappa shape index (κ1) is 10.9. The van der Waals surface area contributed by atoms with E-state index in [4.69, 9.17) is 4.74 Å². The number of benzene rings is 1. The molecule has 1 aromatic carbocycles. The predicted molar refractivity (Wildman–Crippen MR) is 78.4 cm³/mol. The Kier molecular flexibility index (Phi) is 3.54. The van der Waals surface area contributed by atoms with Crippen molar-refractivity contribution in [3.63, 3.8) is 0 Å². The van der Waals surface area contributed by atoms with Crippen LogP contribution >= 0.6 is 56.5 Å². The van der Waals surface area contributed by atoms with Crippen molar-refractivity contribution in [2.24, 2.45) is 0 Å². The molecule has 0 atom stereocenters. The van der Waals surface area contributed by atoms with Crippen LogP contribution in [0.1, 0.15) is 6.92 Å². The zero-order chi connectivity index (χ0) is 10.1. The number of thiophene rings is 1. The lowest BCUT2D eigenvalue weighted by molar-refractivity contribution is 0.345. The van der Waals surface area contributed by atoms with E-state index in [1.54, 1.807) is 11.3 Å². The van der Waals surface area contributed by atoms with E-state index >= 15 is 0 Å². The van der Waals surface area contributed by atoms with Crippen LogP contribution in [0.4, 0.5) is 0 Å². The Labute approximate surface area is 114 Å². The van der Waals surface area contributed by atoms with Gasteiger partial charge >= 0.3 is 0 Å². The molecule has 74 valence electrons. The van der Waals surface area contributed by atoms with Crippen molar-refractivity contribution in [1.29, 1.82) is 0 Å². The zero-order valence-electron chi connectivity index (χ0n) is 7.51. The minimum absolute atomic E-state index is 0.731. The van der Waals surface area contributed by atoms with Crippen molar-refractivity contribution >= 4 is 66.6 Å². The Morgan fingerprint density at radius 2 is 2.14 bits per heavy atom. The van der Waals surface area contributed by atoms with E-state index in [1.165, 1.54) is 17.2 Å². The molecule has 0 saturated heterocycles. The Morgan fingerprint density at radius 3 is 2.86 bits per heavy atom. The minimum Gasteiger partial charge on any atom is -0.492 e. The standard InChI is InChI=1S/C10H8I2OS/c1-2-13-8-5-14-10-6(8)3-4-7(11)9(10)12/h3-5H,2H2,1H3. The molecule has 1 nitrogen and oxygen atoms in total. The van der Waals surface area contributed by atoms with Gasteiger partial charge in [0.25, 0.3) is 0 Å². The largest absolute Gasteiger partial charge is 0.492 e. The van der Waals surface area contributed by atoms with Gasteiger partial charge < -0.3 is 4.74 Å². The third-order valence-electron chi connectivity index (χ3n) is 1.90. The van der Waals surface area contributed by atoms with Gasteiger partial charge in [0, 0.05) is 17.9 Å². The molecule has 0 N–H and O–H groups in total. The summed E-state index contributed by atoms with van der Waals surface area (Å²) in [6, 6.07) is 4.28. The summed E-state index contributed by atoms with van der Waals surface area (Å²) >= 11 is 6.51. The smallest absolute Gasteiger partial charge is 0.137 e. The van der Waals surface area contributed by atoms with Crippen molar-refractivity contribution in [2.45, 2.75) is 6.92 Å². The number of fused-ring (bicyclic) bond motifs is 1. The molecule has 0 aliphatic rings. The third kappa shape index (κ3) is 1.88. The Bertz CT molecular complexity index is 464. The lowest BCUT2D eigenvalue weighted by Crippen LogP contribution is -1.89. The van der Waals surface area contributed by atoms with Gasteiger partial charge in [-0.25, -0.2) is 0 Å². The monoisotopic (exact) mass is 430 g/mol. The number of hydrogen-bond donors (Lipinski definition) is 0. The molecule has 0 unspecified atom stereocenters. The average molecular weight is 430 g/mol. The van der Waals surface area contributed by atoms with Crippen LogP contribution in [0, 0.1) is 7.14 Å². The summed E-state index contributed by atoms with van der Waals surface area (Å²) in [6.07, 6.45) is 0. The van der Waals surface area contributed by atoms with Gasteiger partial charge in [0.1, 0.15) is 5.75 Å². The van der Waals surface area contributed by atoms with Crippen LogP contribution in [0.25, 0.3) is 10.1 Å². The number of hydrogen-bond acceptors (Lipinski definition) is 2. The fourth-order valence-electron chi connectivity index (χ4n) is 1.28. The lowest BCUT2D eigenvalue weighted by Gasteiger charge is -2.01. The maximum atomic E-state index is 5.56. The SMILES string of the molecule is CCOc1csc2c(I)c(I)ccc12. The second-order valence-electron chi connectivity index (χ2n) is 2.77. The number of rotatable bonds is 2. The van der Waals surface area contributed by atoms with Crippen LogP contribution in [-0.4, -0.2) is 6.61 Å². The molecule has 1 aromatic heterocycles. The molecule has 0 spiro atoms. The van der Waals surface area contributed by atoms with Gasteiger partial charge in [-0.1, -0.05) is 0 Å². The molecular weight excluding hydrogens is 422 g/mol. The maximum Gasteiger partial charge on any atom is 0.137 e.